The van der Waals surface area contributed by atoms with Crippen LogP contribution in [0.15, 0.2) is 66.5 Å². The number of hydrogen-bond acceptors (Lipinski definition) is 7. The predicted octanol–water partition coefficient (Wildman–Crippen LogP) is 5.15. The van der Waals surface area contributed by atoms with Gasteiger partial charge in [0.2, 0.25) is 0 Å². The summed E-state index contributed by atoms with van der Waals surface area (Å²) >= 11 is 0. The zero-order chi connectivity index (χ0) is 27.4. The number of pyridine rings is 1. The third-order valence-corrected chi connectivity index (χ3v) is 6.24. The number of rotatable bonds is 9. The number of ketones is 1. The van der Waals surface area contributed by atoms with Crippen LogP contribution in [0.2, 0.25) is 0 Å². The van der Waals surface area contributed by atoms with E-state index in [0.29, 0.717) is 36.0 Å². The predicted molar refractivity (Wildman–Crippen MR) is 143 cm³/mol. The van der Waals surface area contributed by atoms with Gasteiger partial charge in [0, 0.05) is 24.5 Å². The molecule has 198 valence electrons. The molecule has 8 nitrogen and oxygen atoms in total. The monoisotopic (exact) mass is 516 g/mol. The number of aromatic nitrogens is 1. The van der Waals surface area contributed by atoms with Crippen molar-refractivity contribution in [3.05, 3.63) is 88.8 Å². The topological polar surface area (TPSA) is 109 Å². The minimum Gasteiger partial charge on any atom is -0.507 e. The Kier molecular flexibility index (Phi) is 8.00. The molecule has 0 bridgehead atoms. The van der Waals surface area contributed by atoms with Crippen LogP contribution in [-0.4, -0.2) is 45.0 Å². The largest absolute Gasteiger partial charge is 0.507 e. The van der Waals surface area contributed by atoms with Gasteiger partial charge in [-0.3, -0.25) is 14.6 Å². The molecule has 1 saturated heterocycles. The van der Waals surface area contributed by atoms with E-state index in [9.17, 15) is 19.8 Å². The van der Waals surface area contributed by atoms with Gasteiger partial charge in [-0.1, -0.05) is 26.0 Å². The van der Waals surface area contributed by atoms with Crippen LogP contribution in [-0.2, 0) is 16.1 Å². The van der Waals surface area contributed by atoms with E-state index in [1.54, 1.807) is 55.7 Å². The Morgan fingerprint density at radius 2 is 1.87 bits per heavy atom. The van der Waals surface area contributed by atoms with Crippen molar-refractivity contribution >= 4 is 17.4 Å². The lowest BCUT2D eigenvalue weighted by molar-refractivity contribution is -0.140. The highest BCUT2D eigenvalue weighted by Gasteiger charge is 2.46. The van der Waals surface area contributed by atoms with Crippen LogP contribution in [0, 0.1) is 12.8 Å². The number of phenolic OH excluding ortho intramolecular Hbond substituents is 1. The van der Waals surface area contributed by atoms with Crippen LogP contribution in [0.3, 0.4) is 0 Å². The number of aryl methyl sites for hydroxylation is 1. The highest BCUT2D eigenvalue weighted by Crippen LogP contribution is 2.42. The maximum absolute atomic E-state index is 13.4. The van der Waals surface area contributed by atoms with Crippen molar-refractivity contribution in [3.63, 3.8) is 0 Å². The number of benzene rings is 2. The second-order valence-electron chi connectivity index (χ2n) is 9.63. The van der Waals surface area contributed by atoms with Crippen LogP contribution in [0.1, 0.15) is 49.1 Å². The van der Waals surface area contributed by atoms with E-state index in [1.807, 2.05) is 13.0 Å². The second-order valence-corrected chi connectivity index (χ2v) is 9.63. The third kappa shape index (κ3) is 5.49. The molecule has 2 N–H and O–H groups in total. The van der Waals surface area contributed by atoms with E-state index < -0.39 is 17.7 Å². The van der Waals surface area contributed by atoms with Gasteiger partial charge in [-0.15, -0.1) is 0 Å². The average Bonchev–Trinajstić information content (AvgIpc) is 3.14. The average molecular weight is 517 g/mol. The molecule has 0 saturated carbocycles. The lowest BCUT2D eigenvalue weighted by atomic mass is 9.94. The molecule has 38 heavy (non-hydrogen) atoms. The van der Waals surface area contributed by atoms with Crippen molar-refractivity contribution < 1.29 is 29.3 Å². The van der Waals surface area contributed by atoms with Crippen molar-refractivity contribution in [2.45, 2.75) is 40.3 Å². The van der Waals surface area contributed by atoms with Crippen molar-refractivity contribution in [3.8, 4) is 17.2 Å². The maximum Gasteiger partial charge on any atom is 0.295 e. The Bertz CT molecular complexity index is 1370. The molecule has 8 heteroatoms. The summed E-state index contributed by atoms with van der Waals surface area (Å²) in [5, 5.41) is 21.7. The zero-order valence-corrected chi connectivity index (χ0v) is 22.0. The number of nitrogens with zero attached hydrogens (tertiary/aromatic N) is 2. The van der Waals surface area contributed by atoms with Crippen LogP contribution in [0.5, 0.6) is 17.2 Å². The van der Waals surface area contributed by atoms with E-state index in [1.165, 1.54) is 11.0 Å². The number of aliphatic hydroxyl groups is 1. The molecule has 3 aromatic rings. The van der Waals surface area contributed by atoms with Gasteiger partial charge in [-0.25, -0.2) is 0 Å². The molecular formula is C30H32N2O6. The van der Waals surface area contributed by atoms with E-state index in [4.69, 9.17) is 9.47 Å². The summed E-state index contributed by atoms with van der Waals surface area (Å²) in [6, 6.07) is 12.5. The first-order valence-corrected chi connectivity index (χ1v) is 12.6. The first-order valence-electron chi connectivity index (χ1n) is 12.6. The molecule has 0 radical (unpaired) electrons. The Hall–Kier alpha value is -4.33. The number of aromatic hydroxyl groups is 1. The van der Waals surface area contributed by atoms with Crippen LogP contribution < -0.4 is 9.47 Å². The summed E-state index contributed by atoms with van der Waals surface area (Å²) < 4.78 is 11.4. The van der Waals surface area contributed by atoms with Gasteiger partial charge in [-0.05, 0) is 72.9 Å². The van der Waals surface area contributed by atoms with E-state index >= 15 is 0 Å². The molecule has 2 heterocycles. The van der Waals surface area contributed by atoms with Crippen molar-refractivity contribution in [1.82, 2.24) is 9.88 Å². The number of carbonyl (C=O) groups excluding carboxylic acids is 2. The first kappa shape index (κ1) is 26.7. The molecule has 1 aromatic heterocycles. The highest BCUT2D eigenvalue weighted by atomic mass is 16.5. The number of Topliss-reactive ketones (excluding diaryl/α,β-unsaturated/α-hetero) is 1. The molecule has 1 atom stereocenters. The van der Waals surface area contributed by atoms with Gasteiger partial charge in [0.1, 0.15) is 11.5 Å². The Morgan fingerprint density at radius 1 is 1.08 bits per heavy atom. The maximum atomic E-state index is 13.4. The molecule has 0 aliphatic carbocycles. The van der Waals surface area contributed by atoms with Gasteiger partial charge in [0.25, 0.3) is 11.7 Å². The van der Waals surface area contributed by atoms with Crippen molar-refractivity contribution in [1.29, 1.82) is 0 Å². The summed E-state index contributed by atoms with van der Waals surface area (Å²) in [5.41, 5.74) is 2.39. The summed E-state index contributed by atoms with van der Waals surface area (Å²) in [6.07, 6.45) is 3.25. The van der Waals surface area contributed by atoms with Crippen molar-refractivity contribution in [2.75, 3.05) is 13.2 Å². The van der Waals surface area contributed by atoms with E-state index in [0.717, 1.165) is 11.1 Å². The fraction of sp³-hybridized carbons (Fsp3) is 0.300. The summed E-state index contributed by atoms with van der Waals surface area (Å²) in [5.74, 6) is -0.618. The lowest BCUT2D eigenvalue weighted by Crippen LogP contribution is -2.29. The smallest absolute Gasteiger partial charge is 0.295 e. The number of likely N-dealkylation sites (tertiary alicyclic amines) is 1. The highest BCUT2D eigenvalue weighted by molar-refractivity contribution is 6.46. The molecule has 2 aromatic carbocycles. The van der Waals surface area contributed by atoms with E-state index in [2.05, 4.69) is 18.8 Å². The summed E-state index contributed by atoms with van der Waals surface area (Å²) in [4.78, 5) is 32.2. The number of carbonyl (C=O) groups is 2. The van der Waals surface area contributed by atoms with Gasteiger partial charge < -0.3 is 24.6 Å². The van der Waals surface area contributed by atoms with Gasteiger partial charge in [0.15, 0.2) is 11.5 Å². The molecule has 0 spiro atoms. The number of aliphatic hydroxyl groups excluding tert-OH is 1. The summed E-state index contributed by atoms with van der Waals surface area (Å²) in [6.45, 7) is 8.73. The molecule has 1 unspecified atom stereocenters. The molecule has 1 amide bonds. The molecule has 1 aliphatic heterocycles. The fourth-order valence-corrected chi connectivity index (χ4v) is 4.42. The SMILES string of the molecule is CCOc1cc(C2/C(=C(\O)c3ccc(OCC(C)C)c(C)c3)C(=O)C(=O)N2Cc2cccnc2)ccc1O. The van der Waals surface area contributed by atoms with E-state index in [-0.39, 0.29) is 29.4 Å². The number of ether oxygens (including phenoxy) is 2. The standard InChI is InChI=1S/C30H32N2O6/c1-5-37-25-14-21(8-10-23(25)33)27-26(29(35)30(36)32(27)16-20-7-6-12-31-15-20)28(34)22-9-11-24(19(4)13-22)38-17-18(2)3/h6-15,18,27,33-34H,5,16-17H2,1-4H3/b28-26+. The second kappa shape index (κ2) is 11.4. The van der Waals surface area contributed by atoms with Crippen LogP contribution >= 0.6 is 0 Å². The third-order valence-electron chi connectivity index (χ3n) is 6.24. The number of phenols is 1. The van der Waals surface area contributed by atoms with Gasteiger partial charge in [-0.2, -0.15) is 0 Å². The van der Waals surface area contributed by atoms with Gasteiger partial charge >= 0.3 is 0 Å². The molecule has 4 rings (SSSR count). The number of amides is 1. The molecular weight excluding hydrogens is 484 g/mol. The normalized spacial score (nSPS) is 16.8. The number of hydrogen-bond donors (Lipinski definition) is 2. The van der Waals surface area contributed by atoms with Crippen LogP contribution in [0.4, 0.5) is 0 Å². The summed E-state index contributed by atoms with van der Waals surface area (Å²) in [7, 11) is 0. The Morgan fingerprint density at radius 3 is 2.53 bits per heavy atom. The zero-order valence-electron chi connectivity index (χ0n) is 22.0. The quantitative estimate of drug-likeness (QED) is 0.230. The Labute approximate surface area is 222 Å². The Balaban J connectivity index is 1.83. The van der Waals surface area contributed by atoms with Gasteiger partial charge in [0.05, 0.1) is 24.8 Å². The first-order chi connectivity index (χ1) is 18.2. The molecule has 1 aliphatic rings. The molecule has 1 fully saturated rings. The lowest BCUT2D eigenvalue weighted by Gasteiger charge is -2.26. The fourth-order valence-electron chi connectivity index (χ4n) is 4.42. The van der Waals surface area contributed by atoms with Crippen LogP contribution in [0.25, 0.3) is 5.76 Å². The minimum absolute atomic E-state index is 0.0396. The minimum atomic E-state index is -0.910. The van der Waals surface area contributed by atoms with Crippen molar-refractivity contribution in [2.24, 2.45) is 5.92 Å².